The minimum atomic E-state index is -4.60. The summed E-state index contributed by atoms with van der Waals surface area (Å²) >= 11 is 6.29. The molecule has 0 bridgehead atoms. The van der Waals surface area contributed by atoms with Crippen molar-refractivity contribution >= 4 is 34.9 Å². The second-order valence-corrected chi connectivity index (χ2v) is 8.14. The quantitative estimate of drug-likeness (QED) is 0.487. The zero-order valence-electron chi connectivity index (χ0n) is 16.3. The molecular formula is C18H16ClF5N4O3S. The molecule has 1 aromatic carbocycles. The first-order chi connectivity index (χ1) is 15.0. The summed E-state index contributed by atoms with van der Waals surface area (Å²) < 4.78 is 70.2. The molecular weight excluding hydrogens is 483 g/mol. The lowest BCUT2D eigenvalue weighted by atomic mass is 10.0. The molecule has 0 saturated carbocycles. The average Bonchev–Trinajstić information content (AvgIpc) is 3.19. The summed E-state index contributed by atoms with van der Waals surface area (Å²) in [4.78, 5) is 29.7. The van der Waals surface area contributed by atoms with Crippen molar-refractivity contribution in [1.82, 2.24) is 20.5 Å². The van der Waals surface area contributed by atoms with Crippen molar-refractivity contribution in [2.45, 2.75) is 25.2 Å². The average molecular weight is 499 g/mol. The van der Waals surface area contributed by atoms with Gasteiger partial charge in [-0.25, -0.2) is 18.6 Å². The highest BCUT2D eigenvalue weighted by atomic mass is 35.5. The molecule has 14 heteroatoms. The van der Waals surface area contributed by atoms with Crippen LogP contribution in [-0.4, -0.2) is 53.7 Å². The second-order valence-electron chi connectivity index (χ2n) is 6.74. The lowest BCUT2D eigenvalue weighted by molar-refractivity contribution is -0.153. The molecule has 0 radical (unpaired) electrons. The number of piperazine rings is 1. The van der Waals surface area contributed by atoms with Crippen LogP contribution in [0.4, 0.5) is 26.7 Å². The van der Waals surface area contributed by atoms with E-state index >= 15 is 0 Å². The molecule has 3 rings (SSSR count). The van der Waals surface area contributed by atoms with E-state index in [9.17, 15) is 31.5 Å². The number of rotatable bonds is 5. The largest absolute Gasteiger partial charge is 0.460 e. The molecule has 174 valence electrons. The van der Waals surface area contributed by atoms with Crippen LogP contribution in [0.1, 0.15) is 23.4 Å². The van der Waals surface area contributed by atoms with Crippen LogP contribution in [0.25, 0.3) is 0 Å². The van der Waals surface area contributed by atoms with Crippen molar-refractivity contribution in [3.05, 3.63) is 45.4 Å². The van der Waals surface area contributed by atoms with Gasteiger partial charge in [0.1, 0.15) is 22.7 Å². The molecule has 2 aromatic rings. The topological polar surface area (TPSA) is 83.6 Å². The Kier molecular flexibility index (Phi) is 7.08. The molecule has 0 aliphatic carbocycles. The number of urea groups is 1. The Hall–Kier alpha value is -2.67. The first kappa shape index (κ1) is 24.0. The van der Waals surface area contributed by atoms with E-state index in [4.69, 9.17) is 11.6 Å². The maximum atomic E-state index is 14.7. The van der Waals surface area contributed by atoms with Crippen LogP contribution >= 0.6 is 22.9 Å². The van der Waals surface area contributed by atoms with Crippen molar-refractivity contribution in [3.8, 4) is 5.19 Å². The molecule has 2 atom stereocenters. The van der Waals surface area contributed by atoms with Crippen LogP contribution in [0, 0.1) is 11.6 Å². The lowest BCUT2D eigenvalue weighted by Crippen LogP contribution is -2.58. The van der Waals surface area contributed by atoms with E-state index in [1.54, 1.807) is 0 Å². The maximum Gasteiger partial charge on any atom is 0.422 e. The van der Waals surface area contributed by atoms with E-state index in [1.807, 2.05) is 0 Å². The zero-order valence-corrected chi connectivity index (χ0v) is 17.9. The SMILES string of the molecule is C[C@@H]1C(=O)NCCN1C(=O)N[C@H](c1cnc(OCC(F)(F)F)s1)c1ccc(F)c(Cl)c1F. The van der Waals surface area contributed by atoms with Gasteiger partial charge in [0.25, 0.3) is 5.19 Å². The third-order valence-corrected chi connectivity index (χ3v) is 5.87. The van der Waals surface area contributed by atoms with Gasteiger partial charge in [-0.2, -0.15) is 13.2 Å². The number of hydrogen-bond acceptors (Lipinski definition) is 5. The minimum absolute atomic E-state index is 0.103. The molecule has 1 saturated heterocycles. The van der Waals surface area contributed by atoms with Crippen LogP contribution in [0.3, 0.4) is 0 Å². The van der Waals surface area contributed by atoms with Gasteiger partial charge in [-0.1, -0.05) is 29.0 Å². The van der Waals surface area contributed by atoms with Crippen molar-refractivity contribution in [2.75, 3.05) is 19.7 Å². The van der Waals surface area contributed by atoms with Gasteiger partial charge in [-0.15, -0.1) is 0 Å². The molecule has 2 N–H and O–H groups in total. The summed E-state index contributed by atoms with van der Waals surface area (Å²) in [6, 6.07) is -0.928. The first-order valence-corrected chi connectivity index (χ1v) is 10.3. The van der Waals surface area contributed by atoms with Gasteiger partial charge in [0.2, 0.25) is 5.91 Å². The Morgan fingerprint density at radius 1 is 1.44 bits per heavy atom. The predicted octanol–water partition coefficient (Wildman–Crippen LogP) is 3.64. The number of carbonyl (C=O) groups is 2. The number of nitrogens with zero attached hydrogens (tertiary/aromatic N) is 2. The fourth-order valence-electron chi connectivity index (χ4n) is 2.95. The Labute approximate surface area is 187 Å². The number of benzene rings is 1. The zero-order chi connectivity index (χ0) is 23.6. The molecule has 3 amide bonds. The number of hydrogen-bond donors (Lipinski definition) is 2. The number of aromatic nitrogens is 1. The third-order valence-electron chi connectivity index (χ3n) is 4.55. The Morgan fingerprint density at radius 3 is 2.84 bits per heavy atom. The van der Waals surface area contributed by atoms with Gasteiger partial charge in [0.05, 0.1) is 10.9 Å². The number of amides is 3. The van der Waals surface area contributed by atoms with Crippen molar-refractivity contribution in [1.29, 1.82) is 0 Å². The monoisotopic (exact) mass is 498 g/mol. The van der Waals surface area contributed by atoms with E-state index in [0.29, 0.717) is 11.3 Å². The van der Waals surface area contributed by atoms with Gasteiger partial charge in [-0.3, -0.25) is 4.79 Å². The second kappa shape index (κ2) is 9.45. The molecule has 1 aliphatic heterocycles. The van der Waals surface area contributed by atoms with Gasteiger partial charge in [0, 0.05) is 24.8 Å². The highest BCUT2D eigenvalue weighted by Gasteiger charge is 2.33. The Balaban J connectivity index is 1.92. The normalized spacial score (nSPS) is 17.7. The molecule has 7 nitrogen and oxygen atoms in total. The van der Waals surface area contributed by atoms with Crippen LogP contribution in [0.5, 0.6) is 5.19 Å². The predicted molar refractivity (Wildman–Crippen MR) is 105 cm³/mol. The van der Waals surface area contributed by atoms with E-state index in [0.717, 1.165) is 18.3 Å². The Bertz CT molecular complexity index is 1020. The van der Waals surface area contributed by atoms with E-state index in [-0.39, 0.29) is 34.6 Å². The highest BCUT2D eigenvalue weighted by molar-refractivity contribution is 7.13. The molecule has 1 aliphatic rings. The fraction of sp³-hybridized carbons (Fsp3) is 0.389. The van der Waals surface area contributed by atoms with E-state index in [2.05, 4.69) is 20.4 Å². The van der Waals surface area contributed by atoms with E-state index in [1.165, 1.54) is 11.8 Å². The molecule has 1 aromatic heterocycles. The lowest BCUT2D eigenvalue weighted by Gasteiger charge is -2.34. The number of alkyl halides is 3. The molecule has 0 unspecified atom stereocenters. The minimum Gasteiger partial charge on any atom is -0.460 e. The van der Waals surface area contributed by atoms with Crippen LogP contribution in [0.2, 0.25) is 5.02 Å². The smallest absolute Gasteiger partial charge is 0.422 e. The molecule has 32 heavy (non-hydrogen) atoms. The molecule has 2 heterocycles. The fourth-order valence-corrected chi connectivity index (χ4v) is 3.95. The third kappa shape index (κ3) is 5.38. The highest BCUT2D eigenvalue weighted by Crippen LogP contribution is 2.35. The number of halogens is 6. The summed E-state index contributed by atoms with van der Waals surface area (Å²) in [6.45, 7) is 0.275. The Morgan fingerprint density at radius 2 is 2.16 bits per heavy atom. The number of thiazole rings is 1. The van der Waals surface area contributed by atoms with Crippen molar-refractivity contribution < 1.29 is 36.3 Å². The first-order valence-electron chi connectivity index (χ1n) is 9.11. The van der Waals surface area contributed by atoms with Crippen molar-refractivity contribution in [2.24, 2.45) is 0 Å². The summed E-state index contributed by atoms with van der Waals surface area (Å²) in [5.41, 5.74) is -0.245. The van der Waals surface area contributed by atoms with Gasteiger partial charge in [0.15, 0.2) is 6.61 Å². The summed E-state index contributed by atoms with van der Waals surface area (Å²) in [6.07, 6.45) is -3.49. The van der Waals surface area contributed by atoms with Gasteiger partial charge in [-0.05, 0) is 13.0 Å². The van der Waals surface area contributed by atoms with Gasteiger partial charge >= 0.3 is 12.2 Å². The standard InChI is InChI=1S/C18H16ClF5N4O3S/c1-8-15(29)25-4-5-28(8)16(30)27-14(9-2-3-10(20)12(19)13(9)21)11-6-26-17(32-11)31-7-18(22,23)24/h2-3,6,8,14H,4-5,7H2,1H3,(H,25,29)(H,27,30)/t8-,14+/m1/s1. The molecule has 0 spiro atoms. The maximum absolute atomic E-state index is 14.7. The summed E-state index contributed by atoms with van der Waals surface area (Å²) in [5, 5.41) is 3.93. The molecule has 1 fully saturated rings. The summed E-state index contributed by atoms with van der Waals surface area (Å²) in [5.74, 6) is -2.58. The van der Waals surface area contributed by atoms with Crippen molar-refractivity contribution in [3.63, 3.8) is 0 Å². The van der Waals surface area contributed by atoms with Crippen LogP contribution in [0.15, 0.2) is 18.3 Å². The van der Waals surface area contributed by atoms with Crippen LogP contribution in [-0.2, 0) is 4.79 Å². The number of ether oxygens (including phenoxy) is 1. The number of nitrogens with one attached hydrogen (secondary N) is 2. The summed E-state index contributed by atoms with van der Waals surface area (Å²) in [7, 11) is 0. The number of carbonyl (C=O) groups excluding carboxylic acids is 2. The van der Waals surface area contributed by atoms with Gasteiger partial charge < -0.3 is 20.3 Å². The van der Waals surface area contributed by atoms with E-state index < -0.39 is 47.6 Å². The van der Waals surface area contributed by atoms with Crippen LogP contribution < -0.4 is 15.4 Å².